The van der Waals surface area contributed by atoms with Crippen molar-refractivity contribution in [2.75, 3.05) is 53.3 Å². The second-order valence-electron chi connectivity index (χ2n) is 17.9. The maximum atomic E-state index is 13.0. The number of fused-ring (bicyclic) bond motifs is 2. The molecule has 0 aliphatic rings. The van der Waals surface area contributed by atoms with Crippen LogP contribution in [-0.4, -0.2) is 53.3 Å². The molecule has 300 valence electrons. The lowest BCUT2D eigenvalue weighted by Gasteiger charge is -2.20. The zero-order valence-corrected chi connectivity index (χ0v) is 38.9. The molecule has 0 aliphatic heterocycles. The van der Waals surface area contributed by atoms with Gasteiger partial charge in [0, 0.05) is 21.2 Å². The predicted octanol–water partition coefficient (Wildman–Crippen LogP) is 13.4. The summed E-state index contributed by atoms with van der Waals surface area (Å²) in [6.07, 6.45) is 0. The van der Waals surface area contributed by atoms with E-state index < -0.39 is 28.6 Å². The third-order valence-corrected chi connectivity index (χ3v) is 18.1. The van der Waals surface area contributed by atoms with E-state index in [1.807, 2.05) is 48.5 Å². The predicted molar refractivity (Wildman–Crippen MR) is 266 cm³/mol. The Morgan fingerprint density at radius 3 is 0.600 bits per heavy atom. The minimum Gasteiger partial charge on any atom is -0.319 e. The van der Waals surface area contributed by atoms with Gasteiger partial charge in [-0.3, -0.25) is 0 Å². The molecular weight excluding hydrogens is 812 g/mol. The summed E-state index contributed by atoms with van der Waals surface area (Å²) >= 11 is 0. The van der Waals surface area contributed by atoms with E-state index in [9.17, 15) is 18.3 Å². The summed E-state index contributed by atoms with van der Waals surface area (Å²) in [6, 6.07) is 50.9. The quantitative estimate of drug-likeness (QED) is 0.0867. The molecule has 60 heavy (non-hydrogen) atoms. The van der Waals surface area contributed by atoms with Crippen molar-refractivity contribution in [3.05, 3.63) is 146 Å². The fourth-order valence-corrected chi connectivity index (χ4v) is 12.1. The van der Waals surface area contributed by atoms with Crippen LogP contribution in [0.15, 0.2) is 146 Å². The molecule has 0 atom stereocenters. The van der Waals surface area contributed by atoms with Crippen LogP contribution in [-0.2, 0) is 18.3 Å². The summed E-state index contributed by atoms with van der Waals surface area (Å²) in [5.74, 6) is 0. The van der Waals surface area contributed by atoms with Gasteiger partial charge in [0.2, 0.25) is 0 Å². The van der Waals surface area contributed by atoms with E-state index in [1.165, 1.54) is 10.8 Å². The number of benzene rings is 9. The molecule has 0 bridgehead atoms. The molecule has 0 amide bonds. The van der Waals surface area contributed by atoms with Crippen LogP contribution < -0.4 is 21.2 Å². The van der Waals surface area contributed by atoms with Crippen LogP contribution in [0.3, 0.4) is 0 Å². The Kier molecular flexibility index (Phi) is 9.75. The highest BCUT2D eigenvalue weighted by molar-refractivity contribution is 7.71. The van der Waals surface area contributed by atoms with Crippen LogP contribution in [0.2, 0.25) is 0 Å². The first-order valence-corrected chi connectivity index (χ1v) is 30.5. The van der Waals surface area contributed by atoms with Crippen molar-refractivity contribution in [3.63, 3.8) is 0 Å². The molecule has 0 spiro atoms. The molecule has 0 saturated heterocycles. The lowest BCUT2D eigenvalue weighted by atomic mass is 9.84. The van der Waals surface area contributed by atoms with E-state index in [-0.39, 0.29) is 0 Å². The summed E-state index contributed by atoms with van der Waals surface area (Å²) in [5, 5.41) is 12.5. The van der Waals surface area contributed by atoms with Crippen molar-refractivity contribution in [2.24, 2.45) is 0 Å². The molecule has 0 saturated carbocycles. The van der Waals surface area contributed by atoms with Gasteiger partial charge in [0.25, 0.3) is 0 Å². The summed E-state index contributed by atoms with van der Waals surface area (Å²) < 4.78 is 52.0. The van der Waals surface area contributed by atoms with Gasteiger partial charge in [0.15, 0.2) is 0 Å². The first kappa shape index (κ1) is 40.6. The van der Waals surface area contributed by atoms with Gasteiger partial charge in [-0.2, -0.15) is 0 Å². The fraction of sp³-hybridized carbons (Fsp3) is 0.154. The number of rotatable bonds is 8. The van der Waals surface area contributed by atoms with Gasteiger partial charge < -0.3 is 18.3 Å². The average Bonchev–Trinajstić information content (AvgIpc) is 3.20. The van der Waals surface area contributed by atoms with E-state index in [0.717, 1.165) is 98.0 Å². The van der Waals surface area contributed by atoms with E-state index in [2.05, 4.69) is 97.1 Å². The van der Waals surface area contributed by atoms with Crippen LogP contribution in [0.25, 0.3) is 87.6 Å². The molecule has 0 fully saturated rings. The van der Waals surface area contributed by atoms with Crippen molar-refractivity contribution >= 4 is 92.9 Å². The lowest BCUT2D eigenvalue weighted by Crippen LogP contribution is -2.02. The standard InChI is InChI=1S/C52H48O4P4/c1-57(2,53)43-17-9-33(10-18-43)37-25-41-26-38(34-11-19-44(20-12-34)58(3,4)54)31-49-50-32-40(36-15-23-46(24-16-36)60(7,8)56)28-42-27-39(30-48(52(42)50)47(29-37)51(41)49)35-13-21-45(22-14-35)59(5,6)55/h9-32H,1-8H3. The van der Waals surface area contributed by atoms with Crippen LogP contribution in [0.5, 0.6) is 0 Å². The van der Waals surface area contributed by atoms with Crippen molar-refractivity contribution in [1.29, 1.82) is 0 Å². The topological polar surface area (TPSA) is 68.3 Å². The Hall–Kier alpha value is -4.80. The van der Waals surface area contributed by atoms with Gasteiger partial charge in [-0.05, 0) is 189 Å². The summed E-state index contributed by atoms with van der Waals surface area (Å²) in [7, 11) is -9.73. The second kappa shape index (κ2) is 14.4. The molecule has 9 aromatic carbocycles. The molecular formula is C52H48O4P4. The molecule has 0 unspecified atom stereocenters. The van der Waals surface area contributed by atoms with Crippen molar-refractivity contribution in [1.82, 2.24) is 0 Å². The van der Waals surface area contributed by atoms with Crippen molar-refractivity contribution < 1.29 is 18.3 Å². The van der Waals surface area contributed by atoms with Gasteiger partial charge in [0.1, 0.15) is 28.6 Å². The number of hydrogen-bond acceptors (Lipinski definition) is 4. The molecule has 9 aromatic rings. The van der Waals surface area contributed by atoms with Crippen molar-refractivity contribution in [2.45, 2.75) is 0 Å². The first-order valence-electron chi connectivity index (χ1n) is 20.1. The molecule has 0 aromatic heterocycles. The Balaban J connectivity index is 1.39. The van der Waals surface area contributed by atoms with Gasteiger partial charge in [-0.15, -0.1) is 0 Å². The van der Waals surface area contributed by atoms with Crippen LogP contribution >= 0.6 is 28.6 Å². The second-order valence-corrected chi connectivity index (χ2v) is 30.8. The Morgan fingerprint density at radius 2 is 0.433 bits per heavy atom. The monoisotopic (exact) mass is 860 g/mol. The third-order valence-electron chi connectivity index (χ3n) is 12.0. The smallest absolute Gasteiger partial charge is 0.109 e. The van der Waals surface area contributed by atoms with Gasteiger partial charge in [0.05, 0.1) is 0 Å². The largest absolute Gasteiger partial charge is 0.319 e. The molecule has 0 heterocycles. The molecule has 0 aliphatic carbocycles. The minimum absolute atomic E-state index is 0.853. The highest BCUT2D eigenvalue weighted by Gasteiger charge is 2.21. The molecule has 4 nitrogen and oxygen atoms in total. The number of hydrogen-bond donors (Lipinski definition) is 0. The summed E-state index contributed by atoms with van der Waals surface area (Å²) in [5.41, 5.74) is 8.44. The maximum absolute atomic E-state index is 13.0. The van der Waals surface area contributed by atoms with Gasteiger partial charge in [-0.1, -0.05) is 97.1 Å². The Labute approximate surface area is 352 Å². The van der Waals surface area contributed by atoms with E-state index >= 15 is 0 Å². The van der Waals surface area contributed by atoms with Crippen LogP contribution in [0, 0.1) is 0 Å². The minimum atomic E-state index is -2.43. The Bertz CT molecular complexity index is 2910. The highest BCUT2D eigenvalue weighted by atomic mass is 31.2. The van der Waals surface area contributed by atoms with E-state index in [1.54, 1.807) is 53.3 Å². The fourth-order valence-electron chi connectivity index (χ4n) is 8.60. The van der Waals surface area contributed by atoms with Crippen LogP contribution in [0.4, 0.5) is 0 Å². The van der Waals surface area contributed by atoms with Crippen molar-refractivity contribution in [3.8, 4) is 44.5 Å². The van der Waals surface area contributed by atoms with E-state index in [4.69, 9.17) is 0 Å². The molecule has 9 rings (SSSR count). The molecule has 0 N–H and O–H groups in total. The van der Waals surface area contributed by atoms with E-state index in [0.29, 0.717) is 0 Å². The third kappa shape index (κ3) is 7.48. The molecule has 0 radical (unpaired) electrons. The average molecular weight is 861 g/mol. The zero-order valence-electron chi connectivity index (χ0n) is 35.3. The zero-order chi connectivity index (χ0) is 42.5. The first-order chi connectivity index (χ1) is 28.2. The van der Waals surface area contributed by atoms with Crippen LogP contribution in [0.1, 0.15) is 0 Å². The normalized spacial score (nSPS) is 12.9. The summed E-state index contributed by atoms with van der Waals surface area (Å²) in [6.45, 7) is 14.4. The Morgan fingerprint density at radius 1 is 0.250 bits per heavy atom. The van der Waals surface area contributed by atoms with Gasteiger partial charge in [-0.25, -0.2) is 0 Å². The maximum Gasteiger partial charge on any atom is 0.109 e. The molecule has 8 heteroatoms. The lowest BCUT2D eigenvalue weighted by molar-refractivity contribution is 0.587. The van der Waals surface area contributed by atoms with Gasteiger partial charge >= 0.3 is 0 Å². The summed E-state index contributed by atoms with van der Waals surface area (Å²) in [4.78, 5) is 0. The highest BCUT2D eigenvalue weighted by Crippen LogP contribution is 2.47. The SMILES string of the molecule is CP(C)(=O)c1ccc(-c2cc3cc(-c4ccc(P(C)(C)=O)cc4)cc4c5cc(-c6ccc(P(C)(C)=O)cc6)cc6cc(-c7ccc(P(C)(C)=O)cc7)cc(c(c2)c34)c65)cc1.